The third kappa shape index (κ3) is 5.92. The monoisotopic (exact) mass is 447 g/mol. The zero-order chi connectivity index (χ0) is 21.5. The molecule has 0 fully saturated rings. The lowest BCUT2D eigenvalue weighted by atomic mass is 10.1. The van der Waals surface area contributed by atoms with Crippen molar-refractivity contribution in [1.29, 1.82) is 0 Å². The molecule has 3 amide bonds. The van der Waals surface area contributed by atoms with Gasteiger partial charge in [0.15, 0.2) is 5.76 Å². The van der Waals surface area contributed by atoms with E-state index in [0.717, 1.165) is 5.56 Å². The Kier molecular flexibility index (Phi) is 7.21. The van der Waals surface area contributed by atoms with Crippen LogP contribution in [0.3, 0.4) is 0 Å². The van der Waals surface area contributed by atoms with Gasteiger partial charge in [-0.05, 0) is 48.9 Å². The lowest BCUT2D eigenvalue weighted by Gasteiger charge is -2.15. The SMILES string of the molecule is CC(NC(=O)NNC(=O)c1ccc(COc2ccccc2)o1)c1ccc(Cl)c(Cl)c1. The van der Waals surface area contributed by atoms with Crippen LogP contribution in [0.15, 0.2) is 65.1 Å². The van der Waals surface area contributed by atoms with E-state index in [-0.39, 0.29) is 18.4 Å². The molecule has 0 saturated heterocycles. The van der Waals surface area contributed by atoms with Crippen molar-refractivity contribution in [3.05, 3.63) is 87.8 Å². The number of amides is 3. The number of carbonyl (C=O) groups is 2. The van der Waals surface area contributed by atoms with E-state index in [2.05, 4.69) is 16.2 Å². The van der Waals surface area contributed by atoms with Crippen LogP contribution in [0.4, 0.5) is 4.79 Å². The minimum Gasteiger partial charge on any atom is -0.486 e. The number of hydrogen-bond donors (Lipinski definition) is 3. The molecule has 0 spiro atoms. The van der Waals surface area contributed by atoms with Gasteiger partial charge in [0.25, 0.3) is 0 Å². The molecular weight excluding hydrogens is 429 g/mol. The van der Waals surface area contributed by atoms with Crippen molar-refractivity contribution in [3.63, 3.8) is 0 Å². The molecule has 0 aliphatic heterocycles. The number of furan rings is 1. The maximum atomic E-state index is 12.2. The fourth-order valence-corrected chi connectivity index (χ4v) is 2.83. The molecule has 0 saturated carbocycles. The van der Waals surface area contributed by atoms with Gasteiger partial charge in [-0.2, -0.15) is 0 Å². The molecule has 1 aromatic heterocycles. The number of para-hydroxylation sites is 1. The Labute approximate surface area is 183 Å². The maximum Gasteiger partial charge on any atom is 0.333 e. The molecule has 0 aliphatic carbocycles. The molecule has 156 valence electrons. The Morgan fingerprint density at radius 2 is 1.77 bits per heavy atom. The molecule has 3 N–H and O–H groups in total. The minimum atomic E-state index is -0.599. The van der Waals surface area contributed by atoms with Crippen molar-refractivity contribution in [1.82, 2.24) is 16.2 Å². The van der Waals surface area contributed by atoms with Crippen molar-refractivity contribution in [2.75, 3.05) is 0 Å². The summed E-state index contributed by atoms with van der Waals surface area (Å²) in [7, 11) is 0. The lowest BCUT2D eigenvalue weighted by molar-refractivity contribution is 0.0904. The molecular formula is C21H19Cl2N3O4. The molecule has 1 heterocycles. The second kappa shape index (κ2) is 10.0. The number of halogens is 2. The van der Waals surface area contributed by atoms with Gasteiger partial charge < -0.3 is 14.5 Å². The number of nitrogens with one attached hydrogen (secondary N) is 3. The van der Waals surface area contributed by atoms with Crippen LogP contribution in [0, 0.1) is 0 Å². The van der Waals surface area contributed by atoms with Crippen LogP contribution in [-0.2, 0) is 6.61 Å². The first-order chi connectivity index (χ1) is 14.4. The Morgan fingerprint density at radius 3 is 2.50 bits per heavy atom. The van der Waals surface area contributed by atoms with Gasteiger partial charge >= 0.3 is 11.9 Å². The van der Waals surface area contributed by atoms with Gasteiger partial charge in [0.05, 0.1) is 16.1 Å². The number of hydrogen-bond acceptors (Lipinski definition) is 4. The maximum absolute atomic E-state index is 12.2. The molecule has 7 nitrogen and oxygen atoms in total. The van der Waals surface area contributed by atoms with Crippen LogP contribution in [0.2, 0.25) is 10.0 Å². The predicted octanol–water partition coefficient (Wildman–Crippen LogP) is 4.87. The topological polar surface area (TPSA) is 92.6 Å². The van der Waals surface area contributed by atoms with Gasteiger partial charge in [0.1, 0.15) is 18.1 Å². The first kappa shape index (κ1) is 21.5. The van der Waals surface area contributed by atoms with Gasteiger partial charge in [-0.25, -0.2) is 10.2 Å². The molecule has 1 unspecified atom stereocenters. The van der Waals surface area contributed by atoms with E-state index < -0.39 is 11.9 Å². The summed E-state index contributed by atoms with van der Waals surface area (Å²) < 4.78 is 11.0. The average molecular weight is 448 g/mol. The van der Waals surface area contributed by atoms with Crippen LogP contribution in [-0.4, -0.2) is 11.9 Å². The van der Waals surface area contributed by atoms with E-state index in [4.69, 9.17) is 32.4 Å². The van der Waals surface area contributed by atoms with E-state index in [1.54, 1.807) is 31.2 Å². The van der Waals surface area contributed by atoms with Crippen molar-refractivity contribution in [2.24, 2.45) is 0 Å². The molecule has 30 heavy (non-hydrogen) atoms. The minimum absolute atomic E-state index is 0.0412. The number of rotatable bonds is 6. The summed E-state index contributed by atoms with van der Waals surface area (Å²) >= 11 is 11.9. The summed E-state index contributed by atoms with van der Waals surface area (Å²) in [6.07, 6.45) is 0. The van der Waals surface area contributed by atoms with Gasteiger partial charge in [0.2, 0.25) is 0 Å². The Hall–Kier alpha value is -3.16. The third-order valence-corrected chi connectivity index (χ3v) is 4.83. The number of ether oxygens (including phenoxy) is 1. The fourth-order valence-electron chi connectivity index (χ4n) is 2.52. The molecule has 9 heteroatoms. The Morgan fingerprint density at radius 1 is 1.00 bits per heavy atom. The first-order valence-corrected chi connectivity index (χ1v) is 9.76. The Balaban J connectivity index is 1.46. The molecule has 2 aromatic carbocycles. The highest BCUT2D eigenvalue weighted by molar-refractivity contribution is 6.42. The van der Waals surface area contributed by atoms with E-state index in [1.165, 1.54) is 6.07 Å². The van der Waals surface area contributed by atoms with Crippen LogP contribution < -0.4 is 20.9 Å². The van der Waals surface area contributed by atoms with Gasteiger partial charge in [-0.1, -0.05) is 47.5 Å². The summed E-state index contributed by atoms with van der Waals surface area (Å²) in [5.74, 6) is 0.605. The predicted molar refractivity (Wildman–Crippen MR) is 113 cm³/mol. The summed E-state index contributed by atoms with van der Waals surface area (Å²) in [6, 6.07) is 16.5. The van der Waals surface area contributed by atoms with Crippen molar-refractivity contribution in [3.8, 4) is 5.75 Å². The largest absolute Gasteiger partial charge is 0.486 e. The molecule has 0 aliphatic rings. The first-order valence-electron chi connectivity index (χ1n) is 9.00. The molecule has 3 aromatic rings. The zero-order valence-electron chi connectivity index (χ0n) is 15.9. The van der Waals surface area contributed by atoms with Crippen LogP contribution in [0.5, 0.6) is 5.75 Å². The average Bonchev–Trinajstić information content (AvgIpc) is 3.22. The van der Waals surface area contributed by atoms with Crippen LogP contribution in [0.1, 0.15) is 34.8 Å². The van der Waals surface area contributed by atoms with E-state index >= 15 is 0 Å². The highest BCUT2D eigenvalue weighted by Crippen LogP contribution is 2.25. The Bertz CT molecular complexity index is 1020. The highest BCUT2D eigenvalue weighted by atomic mass is 35.5. The molecule has 1 atom stereocenters. The second-order valence-corrected chi connectivity index (χ2v) is 7.13. The van der Waals surface area contributed by atoms with E-state index in [1.807, 2.05) is 30.3 Å². The smallest absolute Gasteiger partial charge is 0.333 e. The zero-order valence-corrected chi connectivity index (χ0v) is 17.5. The summed E-state index contributed by atoms with van der Waals surface area (Å²) in [4.78, 5) is 24.2. The standard InChI is InChI=1S/C21H19Cl2N3O4/c1-13(14-7-9-17(22)18(23)11-14)24-21(28)26-25-20(27)19-10-8-16(30-19)12-29-15-5-3-2-4-6-15/h2-11,13H,12H2,1H3,(H,25,27)(H2,24,26,28). The second-order valence-electron chi connectivity index (χ2n) is 6.32. The summed E-state index contributed by atoms with van der Waals surface area (Å²) in [6.45, 7) is 1.94. The van der Waals surface area contributed by atoms with Gasteiger partial charge in [0, 0.05) is 0 Å². The van der Waals surface area contributed by atoms with Crippen LogP contribution in [0.25, 0.3) is 0 Å². The number of urea groups is 1. The summed E-state index contributed by atoms with van der Waals surface area (Å²) in [5.41, 5.74) is 5.32. The van der Waals surface area contributed by atoms with Crippen molar-refractivity contribution >= 4 is 35.1 Å². The lowest BCUT2D eigenvalue weighted by Crippen LogP contribution is -2.47. The summed E-state index contributed by atoms with van der Waals surface area (Å²) in [5, 5.41) is 3.49. The normalized spacial score (nSPS) is 11.4. The molecule has 3 rings (SSSR count). The van der Waals surface area contributed by atoms with Crippen molar-refractivity contribution in [2.45, 2.75) is 19.6 Å². The number of benzene rings is 2. The highest BCUT2D eigenvalue weighted by Gasteiger charge is 2.14. The van der Waals surface area contributed by atoms with E-state index in [9.17, 15) is 9.59 Å². The van der Waals surface area contributed by atoms with Gasteiger partial charge in [-0.15, -0.1) is 0 Å². The third-order valence-electron chi connectivity index (χ3n) is 4.09. The van der Waals surface area contributed by atoms with Crippen molar-refractivity contribution < 1.29 is 18.7 Å². The van der Waals surface area contributed by atoms with Gasteiger partial charge in [-0.3, -0.25) is 10.2 Å². The number of carbonyl (C=O) groups excluding carboxylic acids is 2. The molecule has 0 radical (unpaired) electrons. The fraction of sp³-hybridized carbons (Fsp3) is 0.143. The van der Waals surface area contributed by atoms with Crippen LogP contribution >= 0.6 is 23.2 Å². The quantitative estimate of drug-likeness (QED) is 0.469. The number of hydrazine groups is 1. The van der Waals surface area contributed by atoms with E-state index in [0.29, 0.717) is 21.6 Å². The molecule has 0 bridgehead atoms.